The van der Waals surface area contributed by atoms with E-state index >= 15 is 0 Å². The van der Waals surface area contributed by atoms with Gasteiger partial charge in [-0.2, -0.15) is 0 Å². The number of hydrogen-bond acceptors (Lipinski definition) is 1. The van der Waals surface area contributed by atoms with Crippen LogP contribution in [-0.2, 0) is 4.33 Å². The molecule has 0 spiro atoms. The van der Waals surface area contributed by atoms with Gasteiger partial charge in [0, 0.05) is 6.20 Å². The fourth-order valence-corrected chi connectivity index (χ4v) is 1.82. The molecule has 0 saturated heterocycles. The van der Waals surface area contributed by atoms with Crippen molar-refractivity contribution in [2.75, 3.05) is 0 Å². The number of alkyl halides is 2. The van der Waals surface area contributed by atoms with Crippen molar-refractivity contribution in [3.8, 4) is 0 Å². The van der Waals surface area contributed by atoms with Crippen molar-refractivity contribution in [1.29, 1.82) is 0 Å². The summed E-state index contributed by atoms with van der Waals surface area (Å²) in [5.74, 6) is 0. The summed E-state index contributed by atoms with van der Waals surface area (Å²) < 4.78 is -1.08. The monoisotopic (exact) mass is 237 g/mol. The largest absolute Gasteiger partial charge is 0.258 e. The van der Waals surface area contributed by atoms with E-state index in [1.165, 1.54) is 0 Å². The van der Waals surface area contributed by atoms with Crippen LogP contribution in [0.3, 0.4) is 0 Å². The Kier molecular flexibility index (Phi) is 2.94. The van der Waals surface area contributed by atoms with E-state index in [1.54, 1.807) is 6.20 Å². The summed E-state index contributed by atoms with van der Waals surface area (Å²) in [5.41, 5.74) is 1.46. The topological polar surface area (TPSA) is 12.9 Å². The first kappa shape index (κ1) is 10.5. The first-order chi connectivity index (χ1) is 7.21. The van der Waals surface area contributed by atoms with E-state index < -0.39 is 4.33 Å². The van der Waals surface area contributed by atoms with E-state index in [9.17, 15) is 0 Å². The molecule has 0 aliphatic carbocycles. The van der Waals surface area contributed by atoms with Crippen LogP contribution in [0.1, 0.15) is 11.3 Å². The molecule has 0 unspecified atom stereocenters. The van der Waals surface area contributed by atoms with Gasteiger partial charge in [0.2, 0.25) is 0 Å². The zero-order chi connectivity index (χ0) is 10.7. The smallest absolute Gasteiger partial charge is 0.184 e. The normalized spacial score (nSPS) is 11.3. The van der Waals surface area contributed by atoms with Crippen molar-refractivity contribution >= 4 is 23.2 Å². The van der Waals surface area contributed by atoms with Crippen LogP contribution in [0.15, 0.2) is 54.7 Å². The third-order valence-corrected chi connectivity index (χ3v) is 2.95. The Hall–Kier alpha value is -1.05. The second-order valence-electron chi connectivity index (χ2n) is 3.16. The van der Waals surface area contributed by atoms with Crippen molar-refractivity contribution in [1.82, 2.24) is 4.98 Å². The average molecular weight is 238 g/mol. The summed E-state index contributed by atoms with van der Waals surface area (Å²) in [5, 5.41) is 0. The number of benzene rings is 1. The molecule has 76 valence electrons. The minimum atomic E-state index is -1.08. The number of nitrogens with zero attached hydrogens (tertiary/aromatic N) is 1. The van der Waals surface area contributed by atoms with Gasteiger partial charge in [0.05, 0.1) is 5.69 Å². The lowest BCUT2D eigenvalue weighted by Crippen LogP contribution is -2.13. The van der Waals surface area contributed by atoms with E-state index in [1.807, 2.05) is 48.5 Å². The fourth-order valence-electron chi connectivity index (χ4n) is 1.34. The molecule has 2 rings (SSSR count). The number of pyridine rings is 1. The average Bonchev–Trinajstić information content (AvgIpc) is 2.31. The predicted octanol–water partition coefficient (Wildman–Crippen LogP) is 3.76. The molecule has 0 N–H and O–H groups in total. The van der Waals surface area contributed by atoms with Crippen molar-refractivity contribution < 1.29 is 0 Å². The summed E-state index contributed by atoms with van der Waals surface area (Å²) in [6.45, 7) is 0. The number of aromatic nitrogens is 1. The van der Waals surface area contributed by atoms with Crippen LogP contribution < -0.4 is 0 Å². The molecule has 1 aromatic carbocycles. The van der Waals surface area contributed by atoms with Crippen LogP contribution in [0.4, 0.5) is 0 Å². The molecule has 3 heteroatoms. The van der Waals surface area contributed by atoms with Crippen LogP contribution >= 0.6 is 23.2 Å². The lowest BCUT2D eigenvalue weighted by Gasteiger charge is -2.18. The van der Waals surface area contributed by atoms with Gasteiger partial charge in [0.15, 0.2) is 4.33 Å². The Morgan fingerprint density at radius 1 is 0.867 bits per heavy atom. The molecule has 0 saturated carbocycles. The summed E-state index contributed by atoms with van der Waals surface area (Å²) >= 11 is 12.6. The molecule has 0 amide bonds. The summed E-state index contributed by atoms with van der Waals surface area (Å²) in [4.78, 5) is 4.16. The van der Waals surface area contributed by atoms with Crippen LogP contribution in [0.2, 0.25) is 0 Å². The third kappa shape index (κ3) is 2.14. The Bertz CT molecular complexity index is 384. The van der Waals surface area contributed by atoms with Crippen molar-refractivity contribution in [3.63, 3.8) is 0 Å². The number of halogens is 2. The third-order valence-electron chi connectivity index (χ3n) is 2.12. The van der Waals surface area contributed by atoms with E-state index in [4.69, 9.17) is 23.2 Å². The Labute approximate surface area is 98.7 Å². The standard InChI is InChI=1S/C12H9Cl2N/c13-12(14,10-6-2-1-3-7-10)11-8-4-5-9-15-11/h1-9H. The van der Waals surface area contributed by atoms with Crippen molar-refractivity contribution in [2.24, 2.45) is 0 Å². The summed E-state index contributed by atoms with van der Waals surface area (Å²) in [6, 6.07) is 15.0. The lowest BCUT2D eigenvalue weighted by atomic mass is 10.1. The quantitative estimate of drug-likeness (QED) is 0.726. The zero-order valence-corrected chi connectivity index (χ0v) is 9.41. The molecule has 2 aromatic rings. The number of rotatable bonds is 2. The van der Waals surface area contributed by atoms with Gasteiger partial charge in [-0.15, -0.1) is 0 Å². The maximum Gasteiger partial charge on any atom is 0.184 e. The molecule has 1 heterocycles. The molecule has 0 aliphatic rings. The minimum Gasteiger partial charge on any atom is -0.258 e. The van der Waals surface area contributed by atoms with Gasteiger partial charge in [0.1, 0.15) is 0 Å². The molecule has 0 fully saturated rings. The molecule has 0 aliphatic heterocycles. The maximum absolute atomic E-state index is 6.29. The van der Waals surface area contributed by atoms with Gasteiger partial charge < -0.3 is 0 Å². The second kappa shape index (κ2) is 4.21. The molecular formula is C12H9Cl2N. The Morgan fingerprint density at radius 3 is 2.13 bits per heavy atom. The van der Waals surface area contributed by atoms with Crippen LogP contribution in [0.5, 0.6) is 0 Å². The predicted molar refractivity (Wildman–Crippen MR) is 63.2 cm³/mol. The van der Waals surface area contributed by atoms with Gasteiger partial charge in [-0.25, -0.2) is 0 Å². The van der Waals surface area contributed by atoms with E-state index in [0.717, 1.165) is 5.56 Å². The molecule has 1 aromatic heterocycles. The highest BCUT2D eigenvalue weighted by Crippen LogP contribution is 2.39. The first-order valence-electron chi connectivity index (χ1n) is 4.56. The lowest BCUT2D eigenvalue weighted by molar-refractivity contribution is 0.961. The SMILES string of the molecule is ClC(Cl)(c1ccccc1)c1ccccn1. The van der Waals surface area contributed by atoms with Gasteiger partial charge in [-0.05, 0) is 17.7 Å². The zero-order valence-electron chi connectivity index (χ0n) is 7.90. The van der Waals surface area contributed by atoms with E-state index in [-0.39, 0.29) is 0 Å². The van der Waals surface area contributed by atoms with Crippen LogP contribution in [0, 0.1) is 0 Å². The van der Waals surface area contributed by atoms with Gasteiger partial charge >= 0.3 is 0 Å². The highest BCUT2D eigenvalue weighted by atomic mass is 35.5. The minimum absolute atomic E-state index is 0.638. The molecular weight excluding hydrogens is 229 g/mol. The van der Waals surface area contributed by atoms with E-state index in [0.29, 0.717) is 5.69 Å². The van der Waals surface area contributed by atoms with Gasteiger partial charge in [0.25, 0.3) is 0 Å². The Balaban J connectivity index is 2.44. The molecule has 0 atom stereocenters. The molecule has 0 bridgehead atoms. The van der Waals surface area contributed by atoms with Crippen LogP contribution in [-0.4, -0.2) is 4.98 Å². The summed E-state index contributed by atoms with van der Waals surface area (Å²) in [6.07, 6.45) is 1.68. The maximum atomic E-state index is 6.29. The molecule has 0 radical (unpaired) electrons. The summed E-state index contributed by atoms with van der Waals surface area (Å²) in [7, 11) is 0. The second-order valence-corrected chi connectivity index (χ2v) is 4.48. The van der Waals surface area contributed by atoms with E-state index in [2.05, 4.69) is 4.98 Å². The van der Waals surface area contributed by atoms with Crippen LogP contribution in [0.25, 0.3) is 0 Å². The molecule has 1 nitrogen and oxygen atoms in total. The van der Waals surface area contributed by atoms with Gasteiger partial charge in [-0.3, -0.25) is 4.98 Å². The van der Waals surface area contributed by atoms with Crippen molar-refractivity contribution in [3.05, 3.63) is 66.0 Å². The Morgan fingerprint density at radius 2 is 1.53 bits per heavy atom. The number of hydrogen-bond donors (Lipinski definition) is 0. The highest BCUT2D eigenvalue weighted by Gasteiger charge is 2.29. The highest BCUT2D eigenvalue weighted by molar-refractivity contribution is 6.49. The van der Waals surface area contributed by atoms with Crippen molar-refractivity contribution in [2.45, 2.75) is 4.33 Å². The van der Waals surface area contributed by atoms with Gasteiger partial charge in [-0.1, -0.05) is 59.6 Å². The fraction of sp³-hybridized carbons (Fsp3) is 0.0833. The molecule has 15 heavy (non-hydrogen) atoms. The first-order valence-corrected chi connectivity index (χ1v) is 5.32.